The van der Waals surface area contributed by atoms with E-state index >= 15 is 0 Å². The first-order valence-corrected chi connectivity index (χ1v) is 9.49. The lowest BCUT2D eigenvalue weighted by molar-refractivity contribution is 0.243. The standard InChI is InChI=1S/C17H29N3S/c1-4-18-12(2)16-13(3)19-17(21-16)20-11-7-9-14-8-5-6-10-15(14)20/h12,14-15,18H,4-11H2,1-3H3. The molecule has 0 amide bonds. The Bertz CT molecular complexity index is 469. The number of piperidine rings is 1. The first-order valence-electron chi connectivity index (χ1n) is 8.68. The van der Waals surface area contributed by atoms with E-state index in [2.05, 4.69) is 31.0 Å². The van der Waals surface area contributed by atoms with Crippen LogP contribution in [0.25, 0.3) is 0 Å². The Morgan fingerprint density at radius 3 is 2.86 bits per heavy atom. The summed E-state index contributed by atoms with van der Waals surface area (Å²) in [6, 6.07) is 1.19. The molecule has 1 aliphatic carbocycles. The van der Waals surface area contributed by atoms with E-state index in [1.54, 1.807) is 0 Å². The molecule has 1 aromatic rings. The van der Waals surface area contributed by atoms with Crippen molar-refractivity contribution in [1.29, 1.82) is 0 Å². The molecule has 0 bridgehead atoms. The Morgan fingerprint density at radius 1 is 1.29 bits per heavy atom. The molecule has 0 spiro atoms. The highest BCUT2D eigenvalue weighted by molar-refractivity contribution is 7.15. The van der Waals surface area contributed by atoms with Crippen LogP contribution in [0.1, 0.15) is 69.0 Å². The number of anilines is 1. The fourth-order valence-corrected chi connectivity index (χ4v) is 5.36. The van der Waals surface area contributed by atoms with Gasteiger partial charge < -0.3 is 10.2 Å². The third-order valence-corrected chi connectivity index (χ3v) is 6.59. The highest BCUT2D eigenvalue weighted by Gasteiger charge is 2.34. The van der Waals surface area contributed by atoms with Gasteiger partial charge in [-0.3, -0.25) is 0 Å². The molecule has 2 heterocycles. The van der Waals surface area contributed by atoms with Gasteiger partial charge in [-0.15, -0.1) is 11.3 Å². The predicted octanol–water partition coefficient (Wildman–Crippen LogP) is 4.28. The van der Waals surface area contributed by atoms with E-state index in [9.17, 15) is 0 Å². The van der Waals surface area contributed by atoms with Crippen molar-refractivity contribution in [2.24, 2.45) is 5.92 Å². The van der Waals surface area contributed by atoms with Gasteiger partial charge in [0.25, 0.3) is 0 Å². The number of hydrogen-bond acceptors (Lipinski definition) is 4. The van der Waals surface area contributed by atoms with Crippen molar-refractivity contribution in [2.75, 3.05) is 18.0 Å². The van der Waals surface area contributed by atoms with Crippen LogP contribution in [-0.2, 0) is 0 Å². The zero-order valence-corrected chi connectivity index (χ0v) is 14.5. The molecule has 3 unspecified atom stereocenters. The predicted molar refractivity (Wildman–Crippen MR) is 91.3 cm³/mol. The lowest BCUT2D eigenvalue weighted by Gasteiger charge is -2.44. The van der Waals surface area contributed by atoms with Crippen LogP contribution in [0.5, 0.6) is 0 Å². The third-order valence-electron chi connectivity index (χ3n) is 5.21. The van der Waals surface area contributed by atoms with Gasteiger partial charge in [0.1, 0.15) is 0 Å². The number of nitrogens with zero attached hydrogens (tertiary/aromatic N) is 2. The van der Waals surface area contributed by atoms with Gasteiger partial charge in [0.15, 0.2) is 5.13 Å². The van der Waals surface area contributed by atoms with E-state index in [1.165, 1.54) is 60.8 Å². The molecular formula is C17H29N3S. The van der Waals surface area contributed by atoms with E-state index in [4.69, 9.17) is 4.98 Å². The van der Waals surface area contributed by atoms with Gasteiger partial charge in [0.2, 0.25) is 0 Å². The summed E-state index contributed by atoms with van der Waals surface area (Å²) in [5, 5.41) is 4.81. The summed E-state index contributed by atoms with van der Waals surface area (Å²) in [6.45, 7) is 8.83. The molecule has 4 heteroatoms. The smallest absolute Gasteiger partial charge is 0.186 e. The summed E-state index contributed by atoms with van der Waals surface area (Å²) in [7, 11) is 0. The maximum Gasteiger partial charge on any atom is 0.186 e. The van der Waals surface area contributed by atoms with Crippen LogP contribution >= 0.6 is 11.3 Å². The Kier molecular flexibility index (Phi) is 4.85. The molecule has 3 nitrogen and oxygen atoms in total. The molecule has 1 aliphatic heterocycles. The lowest BCUT2D eigenvalue weighted by Crippen LogP contribution is -2.46. The molecule has 1 saturated carbocycles. The van der Waals surface area contributed by atoms with Crippen LogP contribution in [0.15, 0.2) is 0 Å². The zero-order chi connectivity index (χ0) is 14.8. The molecule has 21 heavy (non-hydrogen) atoms. The second kappa shape index (κ2) is 6.66. The number of aryl methyl sites for hydroxylation is 1. The molecule has 1 saturated heterocycles. The number of aromatic nitrogens is 1. The number of hydrogen-bond donors (Lipinski definition) is 1. The molecule has 3 atom stereocenters. The molecule has 0 radical (unpaired) electrons. The number of thiazole rings is 1. The summed E-state index contributed by atoms with van der Waals surface area (Å²) >= 11 is 1.92. The topological polar surface area (TPSA) is 28.2 Å². The quantitative estimate of drug-likeness (QED) is 0.900. The summed E-state index contributed by atoms with van der Waals surface area (Å²) in [5.41, 5.74) is 1.22. The van der Waals surface area contributed by atoms with Gasteiger partial charge in [0.05, 0.1) is 5.69 Å². The van der Waals surface area contributed by atoms with Crippen LogP contribution in [0.2, 0.25) is 0 Å². The number of rotatable bonds is 4. The van der Waals surface area contributed by atoms with Gasteiger partial charge in [-0.05, 0) is 52.0 Å². The maximum absolute atomic E-state index is 4.93. The summed E-state index contributed by atoms with van der Waals surface area (Å²) in [5.74, 6) is 0.923. The fraction of sp³-hybridized carbons (Fsp3) is 0.824. The molecule has 1 N–H and O–H groups in total. The minimum absolute atomic E-state index is 0.424. The Labute approximate surface area is 133 Å². The second-order valence-electron chi connectivity index (χ2n) is 6.67. The van der Waals surface area contributed by atoms with E-state index < -0.39 is 0 Å². The zero-order valence-electron chi connectivity index (χ0n) is 13.7. The maximum atomic E-state index is 4.93. The van der Waals surface area contributed by atoms with Gasteiger partial charge in [-0.1, -0.05) is 19.8 Å². The average molecular weight is 308 g/mol. The van der Waals surface area contributed by atoms with Crippen LogP contribution in [0.4, 0.5) is 5.13 Å². The Balaban J connectivity index is 1.80. The van der Waals surface area contributed by atoms with Crippen molar-refractivity contribution in [3.63, 3.8) is 0 Å². The fourth-order valence-electron chi connectivity index (χ4n) is 4.18. The first-order chi connectivity index (χ1) is 10.2. The third kappa shape index (κ3) is 3.11. The summed E-state index contributed by atoms with van der Waals surface area (Å²) in [4.78, 5) is 9.00. The minimum Gasteiger partial charge on any atom is -0.345 e. The lowest BCUT2D eigenvalue weighted by atomic mass is 9.78. The van der Waals surface area contributed by atoms with Gasteiger partial charge in [-0.25, -0.2) is 4.98 Å². The molecule has 118 valence electrons. The molecule has 2 aliphatic rings. The Hall–Kier alpha value is -0.610. The van der Waals surface area contributed by atoms with Crippen molar-refractivity contribution in [3.8, 4) is 0 Å². The highest BCUT2D eigenvalue weighted by Crippen LogP contribution is 2.40. The van der Waals surface area contributed by atoms with E-state index in [1.807, 2.05) is 11.3 Å². The van der Waals surface area contributed by atoms with Gasteiger partial charge >= 0.3 is 0 Å². The van der Waals surface area contributed by atoms with Crippen LogP contribution in [-0.4, -0.2) is 24.1 Å². The second-order valence-corrected chi connectivity index (χ2v) is 7.68. The monoisotopic (exact) mass is 307 g/mol. The first kappa shape index (κ1) is 15.3. The van der Waals surface area contributed by atoms with E-state index in [-0.39, 0.29) is 0 Å². The van der Waals surface area contributed by atoms with Crippen LogP contribution in [0.3, 0.4) is 0 Å². The molecule has 3 rings (SSSR count). The average Bonchev–Trinajstić information content (AvgIpc) is 2.89. The van der Waals surface area contributed by atoms with Crippen molar-refractivity contribution in [3.05, 3.63) is 10.6 Å². The Morgan fingerprint density at radius 2 is 2.05 bits per heavy atom. The van der Waals surface area contributed by atoms with E-state index in [0.29, 0.717) is 6.04 Å². The SMILES string of the molecule is CCNC(C)c1sc(N2CCCC3CCCCC32)nc1C. The summed E-state index contributed by atoms with van der Waals surface area (Å²) in [6.07, 6.45) is 8.44. The van der Waals surface area contributed by atoms with Gasteiger partial charge in [-0.2, -0.15) is 0 Å². The van der Waals surface area contributed by atoms with Crippen molar-refractivity contribution < 1.29 is 0 Å². The van der Waals surface area contributed by atoms with Crippen molar-refractivity contribution in [2.45, 2.75) is 71.4 Å². The normalized spacial score (nSPS) is 27.5. The highest BCUT2D eigenvalue weighted by atomic mass is 32.1. The largest absolute Gasteiger partial charge is 0.345 e. The van der Waals surface area contributed by atoms with Crippen LogP contribution < -0.4 is 10.2 Å². The van der Waals surface area contributed by atoms with Crippen molar-refractivity contribution >= 4 is 16.5 Å². The molecule has 2 fully saturated rings. The van der Waals surface area contributed by atoms with Crippen molar-refractivity contribution in [1.82, 2.24) is 10.3 Å². The molecular weight excluding hydrogens is 278 g/mol. The van der Waals surface area contributed by atoms with Crippen LogP contribution in [0, 0.1) is 12.8 Å². The number of nitrogens with one attached hydrogen (secondary N) is 1. The number of fused-ring (bicyclic) bond motifs is 1. The minimum atomic E-state index is 0.424. The summed E-state index contributed by atoms with van der Waals surface area (Å²) < 4.78 is 0. The van der Waals surface area contributed by atoms with E-state index in [0.717, 1.165) is 18.5 Å². The van der Waals surface area contributed by atoms with Gasteiger partial charge in [0, 0.05) is 23.5 Å². The molecule has 0 aromatic carbocycles. The molecule has 1 aromatic heterocycles.